The van der Waals surface area contributed by atoms with Crippen molar-refractivity contribution in [3.05, 3.63) is 29.8 Å². The highest BCUT2D eigenvalue weighted by molar-refractivity contribution is 5.76. The van der Waals surface area contributed by atoms with E-state index >= 15 is 0 Å². The van der Waals surface area contributed by atoms with Crippen molar-refractivity contribution in [2.75, 3.05) is 6.54 Å². The Labute approximate surface area is 107 Å². The Morgan fingerprint density at radius 3 is 2.67 bits per heavy atom. The van der Waals surface area contributed by atoms with Gasteiger partial charge in [-0.15, -0.1) is 0 Å². The zero-order valence-corrected chi connectivity index (χ0v) is 11.4. The van der Waals surface area contributed by atoms with Gasteiger partial charge in [-0.3, -0.25) is 0 Å². The maximum absolute atomic E-state index is 13.4. The molecule has 2 rings (SSSR count). The average Bonchev–Trinajstić information content (AvgIpc) is 2.67. The quantitative estimate of drug-likeness (QED) is 0.899. The number of nitrogens with one attached hydrogen (secondary N) is 1. The van der Waals surface area contributed by atoms with Crippen LogP contribution in [0.2, 0.25) is 0 Å². The fourth-order valence-electron chi connectivity index (χ4n) is 2.33. The molecular weight excluding hydrogens is 229 g/mol. The van der Waals surface area contributed by atoms with Gasteiger partial charge in [-0.1, -0.05) is 6.92 Å². The van der Waals surface area contributed by atoms with Gasteiger partial charge in [0.25, 0.3) is 0 Å². The maximum atomic E-state index is 13.4. The van der Waals surface area contributed by atoms with Crippen LogP contribution in [0.4, 0.5) is 4.39 Å². The third-order valence-corrected chi connectivity index (χ3v) is 3.09. The highest BCUT2D eigenvalue weighted by Crippen LogP contribution is 2.25. The standard InChI is InChI=1S/C14H20FN3/c1-5-16-10(4)14-17-12-7-6-11(15)8-13(12)18(14)9(2)3/h6-10,16H,5H2,1-4H3. The molecule has 0 spiro atoms. The zero-order chi connectivity index (χ0) is 13.3. The summed E-state index contributed by atoms with van der Waals surface area (Å²) < 4.78 is 15.5. The van der Waals surface area contributed by atoms with Crippen molar-refractivity contribution in [1.82, 2.24) is 14.9 Å². The minimum absolute atomic E-state index is 0.160. The summed E-state index contributed by atoms with van der Waals surface area (Å²) in [5.41, 5.74) is 1.72. The molecule has 98 valence electrons. The molecule has 18 heavy (non-hydrogen) atoms. The van der Waals surface area contributed by atoms with Crippen molar-refractivity contribution in [3.8, 4) is 0 Å². The predicted molar refractivity (Wildman–Crippen MR) is 72.2 cm³/mol. The number of rotatable bonds is 4. The lowest BCUT2D eigenvalue weighted by Gasteiger charge is -2.18. The Morgan fingerprint density at radius 2 is 2.06 bits per heavy atom. The lowest BCUT2D eigenvalue weighted by Crippen LogP contribution is -2.22. The van der Waals surface area contributed by atoms with Crippen molar-refractivity contribution in [2.45, 2.75) is 39.8 Å². The second kappa shape index (κ2) is 5.06. The molecule has 0 radical (unpaired) electrons. The van der Waals surface area contributed by atoms with Crippen LogP contribution in [0.3, 0.4) is 0 Å². The van der Waals surface area contributed by atoms with Gasteiger partial charge in [0, 0.05) is 6.04 Å². The molecule has 0 amide bonds. The molecule has 1 unspecified atom stereocenters. The Kier molecular flexibility index (Phi) is 3.66. The van der Waals surface area contributed by atoms with Gasteiger partial charge in [0.1, 0.15) is 11.6 Å². The molecule has 2 aromatic rings. The van der Waals surface area contributed by atoms with E-state index in [0.717, 1.165) is 23.4 Å². The smallest absolute Gasteiger partial charge is 0.127 e. The number of fused-ring (bicyclic) bond motifs is 1. The van der Waals surface area contributed by atoms with Crippen LogP contribution in [0.1, 0.15) is 45.6 Å². The Bertz CT molecular complexity index is 545. The monoisotopic (exact) mass is 249 g/mol. The molecule has 0 aliphatic heterocycles. The van der Waals surface area contributed by atoms with Gasteiger partial charge in [0.2, 0.25) is 0 Å². The van der Waals surface area contributed by atoms with Crippen LogP contribution in [0.5, 0.6) is 0 Å². The largest absolute Gasteiger partial charge is 0.324 e. The van der Waals surface area contributed by atoms with E-state index in [1.807, 2.05) is 0 Å². The number of aromatic nitrogens is 2. The summed E-state index contributed by atoms with van der Waals surface area (Å²) in [6.45, 7) is 9.22. The summed E-state index contributed by atoms with van der Waals surface area (Å²) in [7, 11) is 0. The molecule has 0 saturated heterocycles. The molecule has 1 heterocycles. The highest BCUT2D eigenvalue weighted by atomic mass is 19.1. The number of halogens is 1. The average molecular weight is 249 g/mol. The summed E-state index contributed by atoms with van der Waals surface area (Å²) in [5, 5.41) is 3.36. The van der Waals surface area contributed by atoms with Gasteiger partial charge in [-0.25, -0.2) is 9.37 Å². The summed E-state index contributed by atoms with van der Waals surface area (Å²) in [4.78, 5) is 4.63. The van der Waals surface area contributed by atoms with Crippen molar-refractivity contribution < 1.29 is 4.39 Å². The molecule has 0 bridgehead atoms. The lowest BCUT2D eigenvalue weighted by molar-refractivity contribution is 0.501. The summed E-state index contributed by atoms with van der Waals surface area (Å²) in [5.74, 6) is 0.749. The number of benzene rings is 1. The van der Waals surface area contributed by atoms with E-state index in [4.69, 9.17) is 0 Å². The first kappa shape index (κ1) is 13.0. The van der Waals surface area contributed by atoms with Crippen LogP contribution in [0, 0.1) is 5.82 Å². The molecule has 0 fully saturated rings. The maximum Gasteiger partial charge on any atom is 0.127 e. The second-order valence-corrected chi connectivity index (χ2v) is 4.85. The molecule has 4 heteroatoms. The number of imidazole rings is 1. The minimum atomic E-state index is -0.216. The van der Waals surface area contributed by atoms with Gasteiger partial charge in [-0.2, -0.15) is 0 Å². The van der Waals surface area contributed by atoms with Gasteiger partial charge in [-0.05, 0) is 45.5 Å². The van der Waals surface area contributed by atoms with Crippen LogP contribution in [0.15, 0.2) is 18.2 Å². The van der Waals surface area contributed by atoms with E-state index in [2.05, 4.69) is 42.6 Å². The Balaban J connectivity index is 2.61. The van der Waals surface area contributed by atoms with Crippen LogP contribution < -0.4 is 5.32 Å². The molecule has 1 aromatic heterocycles. The Hall–Kier alpha value is -1.42. The first-order valence-electron chi connectivity index (χ1n) is 6.45. The van der Waals surface area contributed by atoms with E-state index in [9.17, 15) is 4.39 Å². The van der Waals surface area contributed by atoms with E-state index in [1.165, 1.54) is 6.07 Å². The Morgan fingerprint density at radius 1 is 1.33 bits per heavy atom. The van der Waals surface area contributed by atoms with Gasteiger partial charge in [0.15, 0.2) is 0 Å². The molecule has 3 nitrogen and oxygen atoms in total. The molecule has 1 aromatic carbocycles. The molecular formula is C14H20FN3. The van der Waals surface area contributed by atoms with Crippen LogP contribution >= 0.6 is 0 Å². The van der Waals surface area contributed by atoms with Crippen molar-refractivity contribution in [1.29, 1.82) is 0 Å². The van der Waals surface area contributed by atoms with Gasteiger partial charge in [0.05, 0.1) is 17.1 Å². The summed E-state index contributed by atoms with van der Waals surface area (Å²) in [6.07, 6.45) is 0. The van der Waals surface area contributed by atoms with Crippen molar-refractivity contribution in [3.63, 3.8) is 0 Å². The third-order valence-electron chi connectivity index (χ3n) is 3.09. The fourth-order valence-corrected chi connectivity index (χ4v) is 2.33. The van der Waals surface area contributed by atoms with Gasteiger partial charge < -0.3 is 9.88 Å². The van der Waals surface area contributed by atoms with E-state index in [-0.39, 0.29) is 17.9 Å². The molecule has 1 N–H and O–H groups in total. The molecule has 0 aliphatic rings. The number of nitrogens with zero attached hydrogens (tertiary/aromatic N) is 2. The van der Waals surface area contributed by atoms with Gasteiger partial charge >= 0.3 is 0 Å². The topological polar surface area (TPSA) is 29.9 Å². The van der Waals surface area contributed by atoms with Crippen LogP contribution in [0.25, 0.3) is 11.0 Å². The first-order chi connectivity index (χ1) is 8.54. The molecule has 0 aliphatic carbocycles. The van der Waals surface area contributed by atoms with Crippen molar-refractivity contribution >= 4 is 11.0 Å². The normalized spacial score (nSPS) is 13.4. The zero-order valence-electron chi connectivity index (χ0n) is 11.4. The van der Waals surface area contributed by atoms with Crippen LogP contribution in [-0.2, 0) is 0 Å². The predicted octanol–water partition coefficient (Wildman–Crippen LogP) is 3.43. The fraction of sp³-hybridized carbons (Fsp3) is 0.500. The highest BCUT2D eigenvalue weighted by Gasteiger charge is 2.18. The van der Waals surface area contributed by atoms with E-state index in [1.54, 1.807) is 12.1 Å². The third kappa shape index (κ3) is 2.25. The van der Waals surface area contributed by atoms with E-state index < -0.39 is 0 Å². The molecule has 0 saturated carbocycles. The summed E-state index contributed by atoms with van der Waals surface area (Å²) >= 11 is 0. The molecule has 1 atom stereocenters. The van der Waals surface area contributed by atoms with Crippen molar-refractivity contribution in [2.24, 2.45) is 0 Å². The second-order valence-electron chi connectivity index (χ2n) is 4.85. The van der Waals surface area contributed by atoms with E-state index in [0.29, 0.717) is 0 Å². The number of hydrogen-bond acceptors (Lipinski definition) is 2. The first-order valence-corrected chi connectivity index (χ1v) is 6.45. The SMILES string of the molecule is CCNC(C)c1nc2ccc(F)cc2n1C(C)C. The lowest BCUT2D eigenvalue weighted by atomic mass is 10.2. The minimum Gasteiger partial charge on any atom is -0.324 e. The number of hydrogen-bond donors (Lipinski definition) is 1. The summed E-state index contributed by atoms with van der Waals surface area (Å²) in [6, 6.07) is 5.18. The van der Waals surface area contributed by atoms with Crippen LogP contribution in [-0.4, -0.2) is 16.1 Å².